The van der Waals surface area contributed by atoms with E-state index < -0.39 is 4.92 Å². The number of rotatable bonds is 6. The largest absolute Gasteiger partial charge is 0.325 e. The van der Waals surface area contributed by atoms with Crippen molar-refractivity contribution in [2.24, 2.45) is 0 Å². The Kier molecular flexibility index (Phi) is 5.72. The topological polar surface area (TPSA) is 103 Å². The second kappa shape index (κ2) is 8.19. The summed E-state index contributed by atoms with van der Waals surface area (Å²) in [6, 6.07) is 11.5. The molecule has 1 amide bonds. The Morgan fingerprint density at radius 3 is 2.85 bits per heavy atom. The summed E-state index contributed by atoms with van der Waals surface area (Å²) in [5.41, 5.74) is 1.92. The molecule has 0 atom stereocenters. The molecule has 0 bridgehead atoms. The van der Waals surface area contributed by atoms with Crippen molar-refractivity contribution in [2.75, 3.05) is 11.1 Å². The van der Waals surface area contributed by atoms with Gasteiger partial charge in [0.15, 0.2) is 5.16 Å². The maximum Gasteiger partial charge on any atom is 0.269 e. The van der Waals surface area contributed by atoms with Crippen molar-refractivity contribution in [1.29, 1.82) is 0 Å². The molecule has 0 spiro atoms. The molecular weight excluding hydrogens is 390 g/mol. The molecule has 0 fully saturated rings. The molecule has 1 N–H and O–H groups in total. The number of thioether (sulfide) groups is 1. The molecule has 1 heterocycles. The van der Waals surface area contributed by atoms with Crippen molar-refractivity contribution in [3.05, 3.63) is 69.5 Å². The number of nitro benzene ring substituents is 1. The van der Waals surface area contributed by atoms with Crippen molar-refractivity contribution in [1.82, 2.24) is 14.8 Å². The van der Waals surface area contributed by atoms with E-state index in [1.165, 1.54) is 30.0 Å². The highest BCUT2D eigenvalue weighted by molar-refractivity contribution is 7.99. The average Bonchev–Trinajstić information content (AvgIpc) is 3.10. The first-order chi connectivity index (χ1) is 12.9. The highest BCUT2D eigenvalue weighted by Crippen LogP contribution is 2.24. The lowest BCUT2D eigenvalue weighted by atomic mass is 10.2. The van der Waals surface area contributed by atoms with Crippen LogP contribution in [0.1, 0.15) is 5.56 Å². The lowest BCUT2D eigenvalue weighted by Gasteiger charge is -2.09. The zero-order valence-electron chi connectivity index (χ0n) is 14.1. The molecule has 1 aromatic heterocycles. The summed E-state index contributed by atoms with van der Waals surface area (Å²) in [4.78, 5) is 22.5. The summed E-state index contributed by atoms with van der Waals surface area (Å²) in [5.74, 6) is -0.145. The number of nitrogens with zero attached hydrogens (tertiary/aromatic N) is 4. The number of aryl methyl sites for hydroxylation is 1. The summed E-state index contributed by atoms with van der Waals surface area (Å²) in [5, 5.41) is 22.6. The second-order valence-electron chi connectivity index (χ2n) is 5.56. The van der Waals surface area contributed by atoms with E-state index in [4.69, 9.17) is 11.6 Å². The predicted molar refractivity (Wildman–Crippen MR) is 104 cm³/mol. The average molecular weight is 404 g/mol. The van der Waals surface area contributed by atoms with Gasteiger partial charge in [-0.05, 0) is 36.8 Å². The van der Waals surface area contributed by atoms with Gasteiger partial charge in [-0.2, -0.15) is 0 Å². The number of carbonyl (C=O) groups excluding carboxylic acids is 1. The van der Waals surface area contributed by atoms with E-state index in [0.717, 1.165) is 5.69 Å². The molecule has 3 rings (SSSR count). The van der Waals surface area contributed by atoms with Gasteiger partial charge in [-0.25, -0.2) is 0 Å². The van der Waals surface area contributed by atoms with Crippen molar-refractivity contribution in [2.45, 2.75) is 12.1 Å². The Labute approximate surface area is 163 Å². The number of benzene rings is 2. The van der Waals surface area contributed by atoms with Crippen molar-refractivity contribution in [3.8, 4) is 5.69 Å². The van der Waals surface area contributed by atoms with Gasteiger partial charge in [0.1, 0.15) is 6.33 Å². The molecule has 3 aromatic rings. The van der Waals surface area contributed by atoms with Gasteiger partial charge in [0.05, 0.1) is 16.4 Å². The second-order valence-corrected chi connectivity index (χ2v) is 6.94. The van der Waals surface area contributed by atoms with Crippen molar-refractivity contribution < 1.29 is 9.72 Å². The van der Waals surface area contributed by atoms with Crippen LogP contribution in [0.5, 0.6) is 0 Å². The zero-order valence-corrected chi connectivity index (χ0v) is 15.7. The van der Waals surface area contributed by atoms with Gasteiger partial charge in [-0.1, -0.05) is 29.4 Å². The molecule has 0 saturated heterocycles. The van der Waals surface area contributed by atoms with Gasteiger partial charge in [-0.15, -0.1) is 10.2 Å². The molecular formula is C17H14ClN5O3S. The van der Waals surface area contributed by atoms with Gasteiger partial charge >= 0.3 is 0 Å². The number of halogens is 1. The minimum atomic E-state index is -0.475. The fourth-order valence-corrected chi connectivity index (χ4v) is 3.26. The molecule has 0 saturated carbocycles. The first-order valence-corrected chi connectivity index (χ1v) is 9.14. The number of hydrogen-bond donors (Lipinski definition) is 1. The van der Waals surface area contributed by atoms with Crippen LogP contribution in [0.15, 0.2) is 53.9 Å². The summed E-state index contributed by atoms with van der Waals surface area (Å²) in [7, 11) is 0. The SMILES string of the molecule is Cc1cc([N+](=O)[O-])ccc1NC(=O)CSc1nncn1-c1cccc(Cl)c1. The molecule has 0 aliphatic rings. The summed E-state index contributed by atoms with van der Waals surface area (Å²) >= 11 is 7.23. The van der Waals surface area contributed by atoms with E-state index in [1.54, 1.807) is 30.0 Å². The van der Waals surface area contributed by atoms with Gasteiger partial charge < -0.3 is 5.32 Å². The van der Waals surface area contributed by atoms with Gasteiger partial charge in [-0.3, -0.25) is 19.5 Å². The number of amides is 1. The number of non-ortho nitro benzene ring substituents is 1. The normalized spacial score (nSPS) is 10.6. The van der Waals surface area contributed by atoms with E-state index in [1.807, 2.05) is 12.1 Å². The third-order valence-corrected chi connectivity index (χ3v) is 4.81. The highest BCUT2D eigenvalue weighted by Gasteiger charge is 2.13. The molecule has 27 heavy (non-hydrogen) atoms. The predicted octanol–water partition coefficient (Wildman–Crippen LogP) is 3.87. The number of nitro groups is 1. The van der Waals surface area contributed by atoms with E-state index in [9.17, 15) is 14.9 Å². The van der Waals surface area contributed by atoms with E-state index in [0.29, 0.717) is 21.4 Å². The standard InChI is InChI=1S/C17H14ClN5O3S/c1-11-7-14(23(25)26)5-6-15(11)20-16(24)9-27-17-21-19-10-22(17)13-4-2-3-12(18)8-13/h2-8,10H,9H2,1H3,(H,20,24). The third-order valence-electron chi connectivity index (χ3n) is 3.63. The fraction of sp³-hybridized carbons (Fsp3) is 0.118. The van der Waals surface area contributed by atoms with E-state index in [2.05, 4.69) is 15.5 Å². The van der Waals surface area contributed by atoms with Crippen molar-refractivity contribution in [3.63, 3.8) is 0 Å². The molecule has 8 nitrogen and oxygen atoms in total. The summed E-state index contributed by atoms with van der Waals surface area (Å²) in [6.45, 7) is 1.70. The number of nitrogens with one attached hydrogen (secondary N) is 1. The quantitative estimate of drug-likeness (QED) is 0.380. The Morgan fingerprint density at radius 1 is 1.33 bits per heavy atom. The lowest BCUT2D eigenvalue weighted by Crippen LogP contribution is -2.15. The molecule has 0 aliphatic carbocycles. The Balaban J connectivity index is 1.65. The maximum absolute atomic E-state index is 12.2. The third kappa shape index (κ3) is 4.63. The minimum absolute atomic E-state index is 0.0190. The monoisotopic (exact) mass is 403 g/mol. The van der Waals surface area contributed by atoms with Crippen LogP contribution >= 0.6 is 23.4 Å². The zero-order chi connectivity index (χ0) is 19.4. The number of hydrogen-bond acceptors (Lipinski definition) is 6. The molecule has 2 aromatic carbocycles. The number of carbonyl (C=O) groups is 1. The summed E-state index contributed by atoms with van der Waals surface area (Å²) in [6.07, 6.45) is 1.55. The van der Waals surface area contributed by atoms with Crippen LogP contribution in [0.2, 0.25) is 5.02 Å². The van der Waals surface area contributed by atoms with Crippen LogP contribution < -0.4 is 5.32 Å². The van der Waals surface area contributed by atoms with Gasteiger partial charge in [0.2, 0.25) is 5.91 Å². The van der Waals surface area contributed by atoms with Crippen LogP contribution in [0, 0.1) is 17.0 Å². The van der Waals surface area contributed by atoms with Gasteiger partial charge in [0, 0.05) is 22.8 Å². The maximum atomic E-state index is 12.2. The summed E-state index contributed by atoms with van der Waals surface area (Å²) < 4.78 is 1.74. The number of anilines is 1. The highest BCUT2D eigenvalue weighted by atomic mass is 35.5. The minimum Gasteiger partial charge on any atom is -0.325 e. The fourth-order valence-electron chi connectivity index (χ4n) is 2.34. The molecule has 138 valence electrons. The number of aromatic nitrogens is 3. The molecule has 0 radical (unpaired) electrons. The molecule has 0 aliphatic heterocycles. The smallest absolute Gasteiger partial charge is 0.269 e. The first-order valence-electron chi connectivity index (χ1n) is 7.77. The molecule has 10 heteroatoms. The first kappa shape index (κ1) is 18.9. The van der Waals surface area contributed by atoms with Gasteiger partial charge in [0.25, 0.3) is 5.69 Å². The van der Waals surface area contributed by atoms with Crippen LogP contribution in [-0.4, -0.2) is 31.3 Å². The van der Waals surface area contributed by atoms with Crippen LogP contribution in [-0.2, 0) is 4.79 Å². The Hall–Kier alpha value is -2.91. The van der Waals surface area contributed by atoms with E-state index >= 15 is 0 Å². The van der Waals surface area contributed by atoms with E-state index in [-0.39, 0.29) is 17.3 Å². The Morgan fingerprint density at radius 2 is 2.15 bits per heavy atom. The lowest BCUT2D eigenvalue weighted by molar-refractivity contribution is -0.384. The van der Waals surface area contributed by atoms with Crippen molar-refractivity contribution >= 4 is 40.6 Å². The van der Waals surface area contributed by atoms with Crippen LogP contribution in [0.25, 0.3) is 5.69 Å². The van der Waals surface area contributed by atoms with Crippen LogP contribution in [0.4, 0.5) is 11.4 Å². The molecule has 0 unspecified atom stereocenters. The van der Waals surface area contributed by atoms with Crippen LogP contribution in [0.3, 0.4) is 0 Å². The Bertz CT molecular complexity index is 1010.